The highest BCUT2D eigenvalue weighted by Crippen LogP contribution is 2.13. The van der Waals surface area contributed by atoms with Gasteiger partial charge in [0.25, 0.3) is 0 Å². The summed E-state index contributed by atoms with van der Waals surface area (Å²) in [5.41, 5.74) is 0.925. The molecule has 0 bridgehead atoms. The number of nitrogens with zero attached hydrogens (tertiary/aromatic N) is 6. The van der Waals surface area contributed by atoms with Crippen LogP contribution < -0.4 is 0 Å². The normalized spacial score (nSPS) is 10.5. The molecule has 0 aromatic carbocycles. The van der Waals surface area contributed by atoms with Gasteiger partial charge in [0.15, 0.2) is 0 Å². The number of pyridine rings is 1. The Morgan fingerprint density at radius 1 is 1.00 bits per heavy atom. The first-order chi connectivity index (χ1) is 7.95. The van der Waals surface area contributed by atoms with Gasteiger partial charge in [-0.1, -0.05) is 0 Å². The second kappa shape index (κ2) is 3.58. The lowest BCUT2D eigenvalue weighted by Gasteiger charge is -2.04. The van der Waals surface area contributed by atoms with E-state index in [0.717, 1.165) is 5.56 Å². The molecule has 3 heterocycles. The van der Waals surface area contributed by atoms with E-state index < -0.39 is 0 Å². The van der Waals surface area contributed by atoms with E-state index in [2.05, 4.69) is 20.5 Å². The summed E-state index contributed by atoms with van der Waals surface area (Å²) in [6, 6.07) is 7.56. The molecule has 0 aliphatic carbocycles. The van der Waals surface area contributed by atoms with Crippen LogP contribution in [0.3, 0.4) is 0 Å². The molecule has 0 atom stereocenters. The maximum Gasteiger partial charge on any atom is 0.205 e. The molecule has 0 aliphatic rings. The largest absolute Gasteiger partial charge is 0.265 e. The van der Waals surface area contributed by atoms with Crippen molar-refractivity contribution in [1.82, 2.24) is 30.0 Å². The molecule has 0 amide bonds. The van der Waals surface area contributed by atoms with E-state index in [9.17, 15) is 0 Å². The van der Waals surface area contributed by atoms with Gasteiger partial charge >= 0.3 is 0 Å². The predicted molar refractivity (Wildman–Crippen MR) is 56.3 cm³/mol. The van der Waals surface area contributed by atoms with Crippen molar-refractivity contribution in [1.29, 1.82) is 0 Å². The Balaban J connectivity index is 2.14. The number of aromatic nitrogens is 6. The summed E-state index contributed by atoms with van der Waals surface area (Å²) in [6.45, 7) is 0. The molecule has 78 valence electrons. The van der Waals surface area contributed by atoms with Crippen LogP contribution in [0.15, 0.2) is 49.1 Å². The summed E-state index contributed by atoms with van der Waals surface area (Å²) < 4.78 is 1.80. The van der Waals surface area contributed by atoms with Crippen molar-refractivity contribution in [2.24, 2.45) is 0 Å². The zero-order valence-electron chi connectivity index (χ0n) is 8.30. The third kappa shape index (κ3) is 1.36. The molecular formula is C10H8N6. The lowest BCUT2D eigenvalue weighted by atomic mass is 10.2. The minimum Gasteiger partial charge on any atom is -0.265 e. The van der Waals surface area contributed by atoms with Gasteiger partial charge in [0, 0.05) is 30.4 Å². The van der Waals surface area contributed by atoms with Gasteiger partial charge in [-0.2, -0.15) is 0 Å². The quantitative estimate of drug-likeness (QED) is 0.631. The summed E-state index contributed by atoms with van der Waals surface area (Å²) in [5.74, 6) is 0.679. The number of rotatable bonds is 2. The Bertz CT molecular complexity index is 568. The maximum absolute atomic E-state index is 4.00. The van der Waals surface area contributed by atoms with E-state index in [0.29, 0.717) is 5.82 Å². The molecule has 0 saturated carbocycles. The monoisotopic (exact) mass is 212 g/mol. The molecule has 16 heavy (non-hydrogen) atoms. The summed E-state index contributed by atoms with van der Waals surface area (Å²) in [4.78, 5) is 5.58. The predicted octanol–water partition coefficient (Wildman–Crippen LogP) is 0.848. The molecule has 3 aromatic rings. The highest BCUT2D eigenvalue weighted by molar-refractivity contribution is 5.52. The second-order valence-corrected chi connectivity index (χ2v) is 3.19. The van der Waals surface area contributed by atoms with Crippen molar-refractivity contribution in [2.75, 3.05) is 0 Å². The Labute approximate surface area is 91.1 Å². The van der Waals surface area contributed by atoms with E-state index >= 15 is 0 Å². The molecule has 0 fully saturated rings. The summed E-state index contributed by atoms with van der Waals surface area (Å²) in [5, 5.41) is 11.6. The fraction of sp³-hybridized carbons (Fsp3) is 0. The van der Waals surface area contributed by atoms with Crippen molar-refractivity contribution >= 4 is 0 Å². The maximum atomic E-state index is 4.00. The average molecular weight is 212 g/mol. The Hall–Kier alpha value is -2.50. The van der Waals surface area contributed by atoms with Gasteiger partial charge in [0.1, 0.15) is 0 Å². The van der Waals surface area contributed by atoms with Crippen molar-refractivity contribution in [3.05, 3.63) is 49.1 Å². The summed E-state index contributed by atoms with van der Waals surface area (Å²) in [6.07, 6.45) is 7.18. The van der Waals surface area contributed by atoms with E-state index in [1.54, 1.807) is 21.9 Å². The third-order valence-electron chi connectivity index (χ3n) is 2.20. The molecule has 6 heteroatoms. The van der Waals surface area contributed by atoms with Crippen LogP contribution in [0.5, 0.6) is 0 Å². The molecule has 0 N–H and O–H groups in total. The fourth-order valence-electron chi connectivity index (χ4n) is 1.46. The summed E-state index contributed by atoms with van der Waals surface area (Å²) in [7, 11) is 0. The van der Waals surface area contributed by atoms with E-state index in [4.69, 9.17) is 0 Å². The molecule has 0 aliphatic heterocycles. The van der Waals surface area contributed by atoms with Crippen LogP contribution in [0, 0.1) is 0 Å². The standard InChI is InChI=1S/C10H8N6/c1-2-8-15(7-1)16-10(12-13-14-16)9-3-5-11-6-4-9/h1-8H. The van der Waals surface area contributed by atoms with E-state index in [1.807, 2.05) is 36.7 Å². The van der Waals surface area contributed by atoms with Crippen LogP contribution in [0.4, 0.5) is 0 Å². The molecule has 0 saturated heterocycles. The van der Waals surface area contributed by atoms with Gasteiger partial charge in [-0.05, 0) is 34.7 Å². The lowest BCUT2D eigenvalue weighted by molar-refractivity contribution is 0.558. The van der Waals surface area contributed by atoms with Gasteiger partial charge in [-0.3, -0.25) is 4.98 Å². The van der Waals surface area contributed by atoms with Crippen LogP contribution in [-0.4, -0.2) is 30.0 Å². The Morgan fingerprint density at radius 2 is 1.75 bits per heavy atom. The van der Waals surface area contributed by atoms with Gasteiger partial charge in [-0.25, -0.2) is 4.68 Å². The first kappa shape index (κ1) is 8.78. The zero-order chi connectivity index (χ0) is 10.8. The number of hydrogen-bond donors (Lipinski definition) is 0. The van der Waals surface area contributed by atoms with Gasteiger partial charge in [0.2, 0.25) is 5.82 Å². The highest BCUT2D eigenvalue weighted by atomic mass is 15.7. The minimum absolute atomic E-state index is 0.679. The van der Waals surface area contributed by atoms with Crippen LogP contribution in [0.25, 0.3) is 11.4 Å². The second-order valence-electron chi connectivity index (χ2n) is 3.19. The first-order valence-corrected chi connectivity index (χ1v) is 4.77. The SMILES string of the molecule is c1ccn(-n2nnnc2-c2ccncc2)c1. The Kier molecular flexibility index (Phi) is 1.96. The average Bonchev–Trinajstić information content (AvgIpc) is 3.01. The van der Waals surface area contributed by atoms with Gasteiger partial charge < -0.3 is 0 Å². The zero-order valence-corrected chi connectivity index (χ0v) is 8.30. The third-order valence-corrected chi connectivity index (χ3v) is 2.20. The van der Waals surface area contributed by atoms with Crippen LogP contribution in [0.2, 0.25) is 0 Å². The van der Waals surface area contributed by atoms with Gasteiger partial charge in [-0.15, -0.1) is 9.89 Å². The van der Waals surface area contributed by atoms with Gasteiger partial charge in [0.05, 0.1) is 0 Å². The van der Waals surface area contributed by atoms with E-state index in [1.165, 1.54) is 0 Å². The van der Waals surface area contributed by atoms with Crippen LogP contribution in [-0.2, 0) is 0 Å². The molecule has 3 rings (SSSR count). The molecule has 0 radical (unpaired) electrons. The van der Waals surface area contributed by atoms with Crippen molar-refractivity contribution in [3.63, 3.8) is 0 Å². The van der Waals surface area contributed by atoms with Crippen LogP contribution >= 0.6 is 0 Å². The van der Waals surface area contributed by atoms with Crippen LogP contribution in [0.1, 0.15) is 0 Å². The highest BCUT2D eigenvalue weighted by Gasteiger charge is 2.08. The van der Waals surface area contributed by atoms with E-state index in [-0.39, 0.29) is 0 Å². The minimum atomic E-state index is 0.679. The van der Waals surface area contributed by atoms with Crippen molar-refractivity contribution in [3.8, 4) is 11.4 Å². The first-order valence-electron chi connectivity index (χ1n) is 4.77. The Morgan fingerprint density at radius 3 is 2.50 bits per heavy atom. The molecular weight excluding hydrogens is 204 g/mol. The lowest BCUT2D eigenvalue weighted by Crippen LogP contribution is -2.10. The topological polar surface area (TPSA) is 61.4 Å². The molecule has 0 spiro atoms. The van der Waals surface area contributed by atoms with Crippen molar-refractivity contribution < 1.29 is 0 Å². The molecule has 6 nitrogen and oxygen atoms in total. The smallest absolute Gasteiger partial charge is 0.205 e. The summed E-state index contributed by atoms with van der Waals surface area (Å²) >= 11 is 0. The molecule has 3 aromatic heterocycles. The number of tetrazole rings is 1. The number of hydrogen-bond acceptors (Lipinski definition) is 4. The van der Waals surface area contributed by atoms with Crippen molar-refractivity contribution in [2.45, 2.75) is 0 Å². The fourth-order valence-corrected chi connectivity index (χ4v) is 1.46. The molecule has 0 unspecified atom stereocenters.